The van der Waals surface area contributed by atoms with Crippen LogP contribution in [0.4, 0.5) is 5.82 Å². The summed E-state index contributed by atoms with van der Waals surface area (Å²) in [6.07, 6.45) is 14.2. The van der Waals surface area contributed by atoms with E-state index in [1.807, 2.05) is 0 Å². The summed E-state index contributed by atoms with van der Waals surface area (Å²) in [7, 11) is 0. The van der Waals surface area contributed by atoms with Gasteiger partial charge in [-0.25, -0.2) is 15.0 Å². The molecule has 1 fully saturated rings. The summed E-state index contributed by atoms with van der Waals surface area (Å²) in [5.41, 5.74) is 5.44. The minimum atomic E-state index is 0.556. The largest absolute Gasteiger partial charge is 0.366 e. The minimum Gasteiger partial charge on any atom is -0.366 e. The quantitative estimate of drug-likeness (QED) is 0.672. The van der Waals surface area contributed by atoms with E-state index >= 15 is 0 Å². The number of thiophene rings is 1. The second-order valence-electron chi connectivity index (χ2n) is 7.74. The molecule has 0 spiro atoms. The predicted octanol–water partition coefficient (Wildman–Crippen LogP) is 5.43. The number of nitrogens with one attached hydrogen (secondary N) is 1. The van der Waals surface area contributed by atoms with E-state index < -0.39 is 0 Å². The van der Waals surface area contributed by atoms with Gasteiger partial charge in [-0.05, 0) is 56.1 Å². The van der Waals surface area contributed by atoms with Crippen LogP contribution < -0.4 is 5.32 Å². The Hall–Kier alpha value is -1.75. The third kappa shape index (κ3) is 2.68. The maximum Gasteiger partial charge on any atom is 0.147 e. The molecule has 3 aromatic heterocycles. The van der Waals surface area contributed by atoms with Crippen molar-refractivity contribution in [1.29, 1.82) is 0 Å². The molecule has 0 bridgehead atoms. The normalized spacial score (nSPS) is 18.3. The molecule has 1 saturated carbocycles. The maximum atomic E-state index is 5.06. The molecule has 0 saturated heterocycles. The number of aromatic nitrogens is 3. The monoisotopic (exact) mass is 366 g/mol. The van der Waals surface area contributed by atoms with Gasteiger partial charge in [0.05, 0.1) is 10.2 Å². The van der Waals surface area contributed by atoms with Crippen LogP contribution in [-0.2, 0) is 19.3 Å². The van der Waals surface area contributed by atoms with Gasteiger partial charge in [-0.2, -0.15) is 0 Å². The molecular formula is C21H26N4S. The van der Waals surface area contributed by atoms with Crippen LogP contribution in [0.1, 0.15) is 68.7 Å². The van der Waals surface area contributed by atoms with Crippen LogP contribution in [-0.4, -0.2) is 21.0 Å². The van der Waals surface area contributed by atoms with E-state index in [-0.39, 0.29) is 0 Å². The molecule has 0 amide bonds. The molecule has 136 valence electrons. The number of hydrogen-bond acceptors (Lipinski definition) is 5. The lowest BCUT2D eigenvalue weighted by molar-refractivity contribution is 0.462. The summed E-state index contributed by atoms with van der Waals surface area (Å²) < 4.78 is 1.20. The Kier molecular flexibility index (Phi) is 4.27. The summed E-state index contributed by atoms with van der Waals surface area (Å²) in [6.45, 7) is 2.23. The van der Waals surface area contributed by atoms with Crippen molar-refractivity contribution in [3.63, 3.8) is 0 Å². The van der Waals surface area contributed by atoms with Crippen LogP contribution in [0, 0.1) is 0 Å². The minimum absolute atomic E-state index is 0.556. The molecule has 0 aliphatic heterocycles. The van der Waals surface area contributed by atoms with Gasteiger partial charge in [-0.3, -0.25) is 0 Å². The fourth-order valence-electron chi connectivity index (χ4n) is 4.77. The first-order valence-electron chi connectivity index (χ1n) is 10.2. The molecule has 0 atom stereocenters. The highest BCUT2D eigenvalue weighted by Gasteiger charge is 2.23. The Labute approximate surface area is 158 Å². The van der Waals surface area contributed by atoms with Crippen molar-refractivity contribution in [2.45, 2.75) is 77.2 Å². The van der Waals surface area contributed by atoms with Gasteiger partial charge in [0.15, 0.2) is 0 Å². The summed E-state index contributed by atoms with van der Waals surface area (Å²) >= 11 is 1.78. The predicted molar refractivity (Wildman–Crippen MR) is 109 cm³/mol. The lowest BCUT2D eigenvalue weighted by Crippen LogP contribution is -2.22. The number of hydrogen-bond donors (Lipinski definition) is 1. The molecule has 3 heterocycles. The third-order valence-electron chi connectivity index (χ3n) is 6.09. The first kappa shape index (κ1) is 16.4. The van der Waals surface area contributed by atoms with E-state index in [2.05, 4.69) is 17.2 Å². The van der Waals surface area contributed by atoms with Gasteiger partial charge < -0.3 is 5.32 Å². The molecule has 2 aliphatic carbocycles. The Morgan fingerprint density at radius 3 is 2.65 bits per heavy atom. The zero-order valence-electron chi connectivity index (χ0n) is 15.5. The van der Waals surface area contributed by atoms with Crippen molar-refractivity contribution < 1.29 is 0 Å². The molecule has 5 rings (SSSR count). The van der Waals surface area contributed by atoms with Crippen LogP contribution in [0.15, 0.2) is 6.33 Å². The second kappa shape index (κ2) is 6.76. The van der Waals surface area contributed by atoms with Crippen LogP contribution in [0.25, 0.3) is 20.4 Å². The molecule has 3 aromatic rings. The van der Waals surface area contributed by atoms with E-state index in [1.165, 1.54) is 84.7 Å². The molecule has 2 aliphatic rings. The van der Waals surface area contributed by atoms with Crippen LogP contribution >= 0.6 is 11.3 Å². The third-order valence-corrected chi connectivity index (χ3v) is 7.17. The van der Waals surface area contributed by atoms with Crippen molar-refractivity contribution in [3.05, 3.63) is 23.1 Å². The number of fused-ring (bicyclic) bond motifs is 5. The topological polar surface area (TPSA) is 50.7 Å². The standard InChI is InChI=1S/C21H26N4S/c1-2-16-14-10-6-7-11-15(14)17-18-19(26-21(17)25-16)20(23-12-22-18)24-13-8-4-3-5-9-13/h12-13H,2-11H2,1H3,(H,22,23,24). The van der Waals surface area contributed by atoms with Crippen molar-refractivity contribution in [2.24, 2.45) is 0 Å². The first-order valence-corrected chi connectivity index (χ1v) is 11.0. The highest BCUT2D eigenvalue weighted by molar-refractivity contribution is 7.26. The van der Waals surface area contributed by atoms with Crippen LogP contribution in [0.2, 0.25) is 0 Å². The molecule has 0 aromatic carbocycles. The van der Waals surface area contributed by atoms with Crippen LogP contribution in [0.5, 0.6) is 0 Å². The van der Waals surface area contributed by atoms with Crippen LogP contribution in [0.3, 0.4) is 0 Å². The number of aryl methyl sites for hydroxylation is 2. The molecule has 26 heavy (non-hydrogen) atoms. The fourth-order valence-corrected chi connectivity index (χ4v) is 5.90. The molecule has 1 N–H and O–H groups in total. The zero-order valence-corrected chi connectivity index (χ0v) is 16.3. The summed E-state index contributed by atoms with van der Waals surface area (Å²) in [4.78, 5) is 15.5. The van der Waals surface area contributed by atoms with Gasteiger partial charge in [0.1, 0.15) is 17.0 Å². The highest BCUT2D eigenvalue weighted by Crippen LogP contribution is 2.41. The fraction of sp³-hybridized carbons (Fsp3) is 0.571. The van der Waals surface area contributed by atoms with Gasteiger partial charge in [-0.1, -0.05) is 26.2 Å². The Bertz CT molecular complexity index is 956. The number of nitrogens with zero attached hydrogens (tertiary/aromatic N) is 3. The average Bonchev–Trinajstić information content (AvgIpc) is 3.08. The lowest BCUT2D eigenvalue weighted by Gasteiger charge is -2.23. The van der Waals surface area contributed by atoms with Gasteiger partial charge in [0.2, 0.25) is 0 Å². The van der Waals surface area contributed by atoms with E-state index in [4.69, 9.17) is 9.97 Å². The molecule has 0 unspecified atom stereocenters. The second-order valence-corrected chi connectivity index (χ2v) is 8.74. The van der Waals surface area contributed by atoms with Gasteiger partial charge in [-0.15, -0.1) is 11.3 Å². The Morgan fingerprint density at radius 2 is 1.85 bits per heavy atom. The maximum absolute atomic E-state index is 5.06. The van der Waals surface area contributed by atoms with E-state index in [0.29, 0.717) is 6.04 Å². The van der Waals surface area contributed by atoms with E-state index in [0.717, 1.165) is 22.6 Å². The number of anilines is 1. The number of pyridine rings is 1. The van der Waals surface area contributed by atoms with Gasteiger partial charge in [0.25, 0.3) is 0 Å². The first-order chi connectivity index (χ1) is 12.8. The molecule has 4 nitrogen and oxygen atoms in total. The van der Waals surface area contributed by atoms with E-state index in [9.17, 15) is 0 Å². The summed E-state index contributed by atoms with van der Waals surface area (Å²) in [5.74, 6) is 1.02. The van der Waals surface area contributed by atoms with Crippen molar-refractivity contribution in [3.8, 4) is 0 Å². The summed E-state index contributed by atoms with van der Waals surface area (Å²) in [6, 6.07) is 0.556. The smallest absolute Gasteiger partial charge is 0.147 e. The van der Waals surface area contributed by atoms with Crippen molar-refractivity contribution in [2.75, 3.05) is 5.32 Å². The molecule has 5 heteroatoms. The lowest BCUT2D eigenvalue weighted by atomic mass is 9.88. The Balaban J connectivity index is 1.68. The average molecular weight is 367 g/mol. The van der Waals surface area contributed by atoms with Gasteiger partial charge in [0, 0.05) is 17.1 Å². The number of rotatable bonds is 3. The summed E-state index contributed by atoms with van der Waals surface area (Å²) in [5, 5.41) is 5.04. The zero-order chi connectivity index (χ0) is 17.5. The van der Waals surface area contributed by atoms with Crippen molar-refractivity contribution >= 4 is 37.6 Å². The van der Waals surface area contributed by atoms with Gasteiger partial charge >= 0.3 is 0 Å². The SMILES string of the molecule is CCc1nc2sc3c(NC4CCCCC4)ncnc3c2c2c1CCCC2. The highest BCUT2D eigenvalue weighted by atomic mass is 32.1. The molecule has 0 radical (unpaired) electrons. The molecular weight excluding hydrogens is 340 g/mol. The van der Waals surface area contributed by atoms with E-state index in [1.54, 1.807) is 17.7 Å². The van der Waals surface area contributed by atoms with Crippen molar-refractivity contribution in [1.82, 2.24) is 15.0 Å². The Morgan fingerprint density at radius 1 is 1.04 bits per heavy atom.